The van der Waals surface area contributed by atoms with Crippen LogP contribution in [0.5, 0.6) is 0 Å². The molecule has 1 amide bonds. The van der Waals surface area contributed by atoms with Crippen molar-refractivity contribution >= 4 is 5.91 Å². The molecular weight excluding hydrogens is 204 g/mol. The van der Waals surface area contributed by atoms with Gasteiger partial charge in [-0.15, -0.1) is 0 Å². The molecule has 0 aromatic rings. The molecule has 0 aromatic heterocycles. The van der Waals surface area contributed by atoms with Crippen LogP contribution in [0.4, 0.5) is 0 Å². The summed E-state index contributed by atoms with van der Waals surface area (Å²) in [5.74, 6) is 0.142. The molecule has 0 aliphatic carbocycles. The van der Waals surface area contributed by atoms with Gasteiger partial charge in [-0.1, -0.05) is 27.7 Å². The quantitative estimate of drug-likeness (QED) is 0.603. The Balaban J connectivity index is 3.30. The van der Waals surface area contributed by atoms with E-state index in [1.165, 1.54) is 0 Å². The number of likely N-dealkylation sites (N-methyl/N-ethyl adjacent to an activating group) is 1. The molecular formula is C12H26N2O2. The first-order valence-corrected chi connectivity index (χ1v) is 6.19. The zero-order valence-corrected chi connectivity index (χ0v) is 11.1. The topological polar surface area (TPSA) is 41.6 Å². The van der Waals surface area contributed by atoms with Crippen molar-refractivity contribution in [2.45, 2.75) is 27.7 Å². The van der Waals surface area contributed by atoms with E-state index in [0.29, 0.717) is 13.2 Å². The average molecular weight is 230 g/mol. The van der Waals surface area contributed by atoms with E-state index < -0.39 is 0 Å². The van der Waals surface area contributed by atoms with Crippen LogP contribution in [0, 0.1) is 5.92 Å². The minimum absolute atomic E-state index is 0.0516. The Bertz CT molecular complexity index is 180. The Morgan fingerprint density at radius 2 is 1.88 bits per heavy atom. The first-order valence-electron chi connectivity index (χ1n) is 6.19. The van der Waals surface area contributed by atoms with Gasteiger partial charge in [-0.05, 0) is 13.1 Å². The lowest BCUT2D eigenvalue weighted by Crippen LogP contribution is -2.32. The van der Waals surface area contributed by atoms with Crippen LogP contribution in [0.15, 0.2) is 0 Å². The average Bonchev–Trinajstić information content (AvgIpc) is 2.27. The summed E-state index contributed by atoms with van der Waals surface area (Å²) in [5, 5.41) is 2.82. The highest BCUT2D eigenvalue weighted by Crippen LogP contribution is 1.90. The van der Waals surface area contributed by atoms with Crippen molar-refractivity contribution in [3.05, 3.63) is 0 Å². The molecule has 96 valence electrons. The maximum absolute atomic E-state index is 11.2. The molecule has 1 N–H and O–H groups in total. The molecule has 0 unspecified atom stereocenters. The fourth-order valence-corrected chi connectivity index (χ4v) is 1.29. The zero-order chi connectivity index (χ0) is 12.4. The summed E-state index contributed by atoms with van der Waals surface area (Å²) < 4.78 is 5.44. The van der Waals surface area contributed by atoms with Crippen molar-refractivity contribution in [2.24, 2.45) is 5.92 Å². The Hall–Kier alpha value is -0.610. The first-order chi connectivity index (χ1) is 7.61. The van der Waals surface area contributed by atoms with E-state index in [4.69, 9.17) is 4.74 Å². The van der Waals surface area contributed by atoms with E-state index in [2.05, 4.69) is 24.1 Å². The monoisotopic (exact) mass is 230 g/mol. The van der Waals surface area contributed by atoms with E-state index in [0.717, 1.165) is 26.2 Å². The first kappa shape index (κ1) is 15.4. The standard InChI is InChI=1S/C12H26N2O2/c1-5-14(6-2)8-10-16-9-7-13-12(15)11(3)4/h11H,5-10H2,1-4H3,(H,13,15). The number of ether oxygens (including phenoxy) is 1. The summed E-state index contributed by atoms with van der Waals surface area (Å²) in [6, 6.07) is 0. The second kappa shape index (κ2) is 9.60. The molecule has 4 heteroatoms. The molecule has 0 aliphatic heterocycles. The van der Waals surface area contributed by atoms with Crippen LogP contribution in [-0.2, 0) is 9.53 Å². The van der Waals surface area contributed by atoms with E-state index in [9.17, 15) is 4.79 Å². The molecule has 0 atom stereocenters. The SMILES string of the molecule is CCN(CC)CCOCCNC(=O)C(C)C. The maximum atomic E-state index is 11.2. The van der Waals surface area contributed by atoms with Crippen molar-refractivity contribution in [2.75, 3.05) is 39.4 Å². The largest absolute Gasteiger partial charge is 0.378 e. The lowest BCUT2D eigenvalue weighted by atomic mass is 10.2. The molecule has 0 saturated carbocycles. The van der Waals surface area contributed by atoms with Crippen LogP contribution in [0.2, 0.25) is 0 Å². The highest BCUT2D eigenvalue weighted by Gasteiger charge is 2.04. The summed E-state index contributed by atoms with van der Waals surface area (Å²) in [4.78, 5) is 13.5. The van der Waals surface area contributed by atoms with Gasteiger partial charge < -0.3 is 15.0 Å². The molecule has 0 rings (SSSR count). The van der Waals surface area contributed by atoms with E-state index >= 15 is 0 Å². The smallest absolute Gasteiger partial charge is 0.222 e. The third-order valence-electron chi connectivity index (χ3n) is 2.52. The highest BCUT2D eigenvalue weighted by atomic mass is 16.5. The van der Waals surface area contributed by atoms with Crippen molar-refractivity contribution in [1.29, 1.82) is 0 Å². The molecule has 0 bridgehead atoms. The van der Waals surface area contributed by atoms with Gasteiger partial charge in [0.05, 0.1) is 13.2 Å². The summed E-state index contributed by atoms with van der Waals surface area (Å²) >= 11 is 0. The van der Waals surface area contributed by atoms with Gasteiger partial charge in [0.25, 0.3) is 0 Å². The van der Waals surface area contributed by atoms with E-state index in [-0.39, 0.29) is 11.8 Å². The van der Waals surface area contributed by atoms with Crippen molar-refractivity contribution in [1.82, 2.24) is 10.2 Å². The molecule has 0 spiro atoms. The summed E-state index contributed by atoms with van der Waals surface area (Å²) in [7, 11) is 0. The van der Waals surface area contributed by atoms with Gasteiger partial charge >= 0.3 is 0 Å². The van der Waals surface area contributed by atoms with Gasteiger partial charge in [0.15, 0.2) is 0 Å². The normalized spacial score (nSPS) is 11.1. The number of hydrogen-bond donors (Lipinski definition) is 1. The van der Waals surface area contributed by atoms with Crippen molar-refractivity contribution < 1.29 is 9.53 Å². The minimum atomic E-state index is 0.0516. The van der Waals surface area contributed by atoms with Gasteiger partial charge in [0.2, 0.25) is 5.91 Å². The molecule has 0 heterocycles. The molecule has 0 saturated heterocycles. The third kappa shape index (κ3) is 7.65. The number of hydrogen-bond acceptors (Lipinski definition) is 3. The predicted octanol–water partition coefficient (Wildman–Crippen LogP) is 1.12. The summed E-state index contributed by atoms with van der Waals surface area (Å²) in [6.07, 6.45) is 0. The van der Waals surface area contributed by atoms with Crippen molar-refractivity contribution in [3.8, 4) is 0 Å². The molecule has 4 nitrogen and oxygen atoms in total. The maximum Gasteiger partial charge on any atom is 0.222 e. The van der Waals surface area contributed by atoms with Gasteiger partial charge in [-0.3, -0.25) is 4.79 Å². The highest BCUT2D eigenvalue weighted by molar-refractivity contribution is 5.77. The van der Waals surface area contributed by atoms with Gasteiger partial charge in [-0.25, -0.2) is 0 Å². The van der Waals surface area contributed by atoms with Gasteiger partial charge in [0, 0.05) is 19.0 Å². The van der Waals surface area contributed by atoms with Crippen LogP contribution in [0.25, 0.3) is 0 Å². The number of carbonyl (C=O) groups is 1. The van der Waals surface area contributed by atoms with Crippen molar-refractivity contribution in [3.63, 3.8) is 0 Å². The number of amides is 1. The number of nitrogens with zero attached hydrogens (tertiary/aromatic N) is 1. The third-order valence-corrected chi connectivity index (χ3v) is 2.52. The Morgan fingerprint density at radius 1 is 1.25 bits per heavy atom. The van der Waals surface area contributed by atoms with Gasteiger partial charge in [0.1, 0.15) is 0 Å². The lowest BCUT2D eigenvalue weighted by molar-refractivity contribution is -0.124. The minimum Gasteiger partial charge on any atom is -0.378 e. The summed E-state index contributed by atoms with van der Waals surface area (Å²) in [5.41, 5.74) is 0. The lowest BCUT2D eigenvalue weighted by Gasteiger charge is -2.17. The molecule has 16 heavy (non-hydrogen) atoms. The molecule has 0 fully saturated rings. The van der Waals surface area contributed by atoms with Gasteiger partial charge in [-0.2, -0.15) is 0 Å². The zero-order valence-electron chi connectivity index (χ0n) is 11.1. The second-order valence-electron chi connectivity index (χ2n) is 4.08. The van der Waals surface area contributed by atoms with Crippen LogP contribution in [0.1, 0.15) is 27.7 Å². The fourth-order valence-electron chi connectivity index (χ4n) is 1.29. The van der Waals surface area contributed by atoms with Crippen LogP contribution < -0.4 is 5.32 Å². The number of carbonyl (C=O) groups excluding carboxylic acids is 1. The van der Waals surface area contributed by atoms with E-state index in [1.54, 1.807) is 0 Å². The fraction of sp³-hybridized carbons (Fsp3) is 0.917. The number of nitrogens with one attached hydrogen (secondary N) is 1. The predicted molar refractivity (Wildman–Crippen MR) is 66.5 cm³/mol. The van der Waals surface area contributed by atoms with Crippen LogP contribution >= 0.6 is 0 Å². The Morgan fingerprint density at radius 3 is 2.38 bits per heavy atom. The van der Waals surface area contributed by atoms with Crippen LogP contribution in [-0.4, -0.2) is 50.2 Å². The Labute approximate surface area is 99.3 Å². The van der Waals surface area contributed by atoms with E-state index in [1.807, 2.05) is 13.8 Å². The molecule has 0 aromatic carbocycles. The number of rotatable bonds is 9. The van der Waals surface area contributed by atoms with Crippen LogP contribution in [0.3, 0.4) is 0 Å². The Kier molecular flexibility index (Phi) is 9.24. The molecule has 0 aliphatic rings. The molecule has 0 radical (unpaired) electrons. The summed E-state index contributed by atoms with van der Waals surface area (Å²) in [6.45, 7) is 13.1. The second-order valence-corrected chi connectivity index (χ2v) is 4.08.